The van der Waals surface area contributed by atoms with Crippen molar-refractivity contribution in [3.05, 3.63) is 60.2 Å². The van der Waals surface area contributed by atoms with Crippen LogP contribution >= 0.6 is 24.0 Å². The minimum absolute atomic E-state index is 0. The van der Waals surface area contributed by atoms with Gasteiger partial charge in [-0.05, 0) is 44.5 Å². The van der Waals surface area contributed by atoms with Gasteiger partial charge in [0.1, 0.15) is 0 Å². The zero-order chi connectivity index (χ0) is 18.5. The van der Waals surface area contributed by atoms with Crippen LogP contribution in [0.5, 0.6) is 0 Å². The molecule has 6 nitrogen and oxygen atoms in total. The van der Waals surface area contributed by atoms with Gasteiger partial charge in [0.2, 0.25) is 10.0 Å². The highest BCUT2D eigenvalue weighted by atomic mass is 127. The van der Waals surface area contributed by atoms with E-state index in [0.717, 1.165) is 5.69 Å². The van der Waals surface area contributed by atoms with Crippen LogP contribution in [0.1, 0.15) is 26.3 Å². The van der Waals surface area contributed by atoms with Gasteiger partial charge in [-0.1, -0.05) is 36.4 Å². The van der Waals surface area contributed by atoms with Crippen molar-refractivity contribution in [3.63, 3.8) is 0 Å². The molecule has 0 aliphatic heterocycles. The average molecular weight is 488 g/mol. The molecule has 2 aromatic rings. The summed E-state index contributed by atoms with van der Waals surface area (Å²) < 4.78 is 27.9. The number of aliphatic imine (C=N–C) groups is 1. The number of sulfonamides is 1. The molecule has 0 unspecified atom stereocenters. The Labute approximate surface area is 172 Å². The Morgan fingerprint density at radius 3 is 2.23 bits per heavy atom. The number of benzene rings is 2. The molecule has 0 aliphatic rings. The molecule has 0 saturated carbocycles. The van der Waals surface area contributed by atoms with Gasteiger partial charge in [0.15, 0.2) is 5.96 Å². The van der Waals surface area contributed by atoms with Crippen LogP contribution in [0.3, 0.4) is 0 Å². The van der Waals surface area contributed by atoms with E-state index in [2.05, 4.69) is 15.0 Å². The number of rotatable bonds is 5. The molecule has 142 valence electrons. The minimum atomic E-state index is -3.64. The van der Waals surface area contributed by atoms with Crippen LogP contribution in [-0.4, -0.2) is 19.9 Å². The summed E-state index contributed by atoms with van der Waals surface area (Å²) in [6.45, 7) is 5.56. The van der Waals surface area contributed by atoms with E-state index in [4.69, 9.17) is 5.73 Å². The van der Waals surface area contributed by atoms with Crippen molar-refractivity contribution in [1.29, 1.82) is 0 Å². The highest BCUT2D eigenvalue weighted by molar-refractivity contribution is 14.0. The number of para-hydroxylation sites is 1. The van der Waals surface area contributed by atoms with Gasteiger partial charge in [0.05, 0.1) is 11.4 Å². The number of nitrogens with two attached hydrogens (primary N) is 1. The summed E-state index contributed by atoms with van der Waals surface area (Å²) in [5.74, 6) is 0.224. The van der Waals surface area contributed by atoms with Crippen molar-refractivity contribution < 1.29 is 8.42 Å². The van der Waals surface area contributed by atoms with Gasteiger partial charge in [-0.25, -0.2) is 18.1 Å². The maximum atomic E-state index is 12.6. The van der Waals surface area contributed by atoms with Gasteiger partial charge in [0.25, 0.3) is 0 Å². The quantitative estimate of drug-likeness (QED) is 0.342. The first-order chi connectivity index (χ1) is 11.7. The standard InChI is InChI=1S/C18H24N4O2S.HI/c1-18(2,3)22-25(23,24)16-12-8-7-9-14(16)13-20-17(19)21-15-10-5-4-6-11-15;/h4-12,22H,13H2,1-3H3,(H3,19,20,21);1H. The largest absolute Gasteiger partial charge is 0.370 e. The molecule has 0 amide bonds. The molecule has 0 heterocycles. The van der Waals surface area contributed by atoms with Crippen molar-refractivity contribution in [2.45, 2.75) is 37.8 Å². The van der Waals surface area contributed by atoms with E-state index in [-0.39, 0.29) is 41.4 Å². The smallest absolute Gasteiger partial charge is 0.241 e. The molecule has 0 spiro atoms. The van der Waals surface area contributed by atoms with E-state index < -0.39 is 15.6 Å². The minimum Gasteiger partial charge on any atom is -0.370 e. The van der Waals surface area contributed by atoms with Gasteiger partial charge in [-0.15, -0.1) is 24.0 Å². The number of guanidine groups is 1. The van der Waals surface area contributed by atoms with Crippen LogP contribution in [0.15, 0.2) is 64.5 Å². The van der Waals surface area contributed by atoms with E-state index in [1.165, 1.54) is 0 Å². The van der Waals surface area contributed by atoms with Crippen LogP contribution in [0.25, 0.3) is 0 Å². The molecule has 8 heteroatoms. The molecule has 0 fully saturated rings. The molecule has 2 rings (SSSR count). The SMILES string of the molecule is CC(C)(C)NS(=O)(=O)c1ccccc1CN=C(N)Nc1ccccc1.I. The molecular formula is C18H25IN4O2S. The third kappa shape index (κ3) is 6.93. The fourth-order valence-electron chi connectivity index (χ4n) is 2.23. The summed E-state index contributed by atoms with van der Waals surface area (Å²) in [5, 5.41) is 2.97. The van der Waals surface area contributed by atoms with Crippen molar-refractivity contribution in [1.82, 2.24) is 4.72 Å². The lowest BCUT2D eigenvalue weighted by atomic mass is 10.1. The Balaban J connectivity index is 0.00000338. The summed E-state index contributed by atoms with van der Waals surface area (Å²) in [6, 6.07) is 16.2. The number of hydrogen-bond donors (Lipinski definition) is 3. The Bertz CT molecular complexity index is 847. The maximum absolute atomic E-state index is 12.6. The van der Waals surface area contributed by atoms with Crippen LogP contribution in [0, 0.1) is 0 Å². The molecule has 26 heavy (non-hydrogen) atoms. The lowest BCUT2D eigenvalue weighted by molar-refractivity contribution is 0.491. The lowest BCUT2D eigenvalue weighted by Gasteiger charge is -2.21. The fraction of sp³-hybridized carbons (Fsp3) is 0.278. The van der Waals surface area contributed by atoms with Gasteiger partial charge in [0, 0.05) is 11.2 Å². The van der Waals surface area contributed by atoms with Crippen LogP contribution in [0.4, 0.5) is 5.69 Å². The topological polar surface area (TPSA) is 96.6 Å². The summed E-state index contributed by atoms with van der Waals surface area (Å²) in [6.07, 6.45) is 0. The zero-order valence-corrected chi connectivity index (χ0v) is 18.2. The zero-order valence-electron chi connectivity index (χ0n) is 15.1. The summed E-state index contributed by atoms with van der Waals surface area (Å²) in [4.78, 5) is 4.46. The van der Waals surface area contributed by atoms with Crippen molar-refractivity contribution in [2.24, 2.45) is 10.7 Å². The van der Waals surface area contributed by atoms with E-state index in [0.29, 0.717) is 5.56 Å². The highest BCUT2D eigenvalue weighted by Gasteiger charge is 2.24. The molecule has 0 aliphatic carbocycles. The Hall–Kier alpha value is -1.65. The first-order valence-corrected chi connectivity index (χ1v) is 9.39. The number of nitrogens with one attached hydrogen (secondary N) is 2. The summed E-state index contributed by atoms with van der Waals surface area (Å²) in [7, 11) is -3.64. The number of nitrogens with zero attached hydrogens (tertiary/aromatic N) is 1. The van der Waals surface area contributed by atoms with Crippen molar-refractivity contribution in [2.75, 3.05) is 5.32 Å². The summed E-state index contributed by atoms with van der Waals surface area (Å²) >= 11 is 0. The Kier molecular flexibility index (Phi) is 8.04. The first kappa shape index (κ1) is 22.4. The van der Waals surface area contributed by atoms with Crippen molar-refractivity contribution >= 4 is 45.6 Å². The molecule has 0 saturated heterocycles. The Morgan fingerprint density at radius 1 is 1.04 bits per heavy atom. The van der Waals surface area contributed by atoms with E-state index in [9.17, 15) is 8.42 Å². The number of hydrogen-bond acceptors (Lipinski definition) is 3. The van der Waals surface area contributed by atoms with E-state index >= 15 is 0 Å². The second-order valence-corrected chi connectivity index (χ2v) is 8.31. The van der Waals surface area contributed by atoms with Gasteiger partial charge in [-0.2, -0.15) is 0 Å². The molecule has 0 radical (unpaired) electrons. The van der Waals surface area contributed by atoms with Gasteiger partial charge < -0.3 is 11.1 Å². The number of halogens is 1. The van der Waals surface area contributed by atoms with Crippen molar-refractivity contribution in [3.8, 4) is 0 Å². The Morgan fingerprint density at radius 2 is 1.62 bits per heavy atom. The second-order valence-electron chi connectivity index (χ2n) is 6.66. The van der Waals surface area contributed by atoms with E-state index in [1.807, 2.05) is 30.3 Å². The predicted octanol–water partition coefficient (Wildman–Crippen LogP) is 3.31. The third-order valence-corrected chi connectivity index (χ3v) is 5.03. The van der Waals surface area contributed by atoms with Crippen LogP contribution < -0.4 is 15.8 Å². The summed E-state index contributed by atoms with van der Waals surface area (Å²) in [5.41, 5.74) is 6.72. The van der Waals surface area contributed by atoms with Crippen LogP contribution in [0.2, 0.25) is 0 Å². The highest BCUT2D eigenvalue weighted by Crippen LogP contribution is 2.18. The molecule has 0 bridgehead atoms. The molecule has 4 N–H and O–H groups in total. The van der Waals surface area contributed by atoms with Gasteiger partial charge >= 0.3 is 0 Å². The second kappa shape index (κ2) is 9.33. The first-order valence-electron chi connectivity index (χ1n) is 7.91. The fourth-order valence-corrected chi connectivity index (χ4v) is 3.89. The molecule has 0 aromatic heterocycles. The number of anilines is 1. The third-order valence-electron chi connectivity index (χ3n) is 3.17. The van der Waals surface area contributed by atoms with Crippen LogP contribution in [-0.2, 0) is 16.6 Å². The molecular weight excluding hydrogens is 463 g/mol. The van der Waals surface area contributed by atoms with Gasteiger partial charge in [-0.3, -0.25) is 0 Å². The molecule has 2 aromatic carbocycles. The van der Waals surface area contributed by atoms with E-state index in [1.54, 1.807) is 45.0 Å². The molecule has 0 atom stereocenters. The predicted molar refractivity (Wildman–Crippen MR) is 117 cm³/mol. The average Bonchev–Trinajstić information content (AvgIpc) is 2.52. The lowest BCUT2D eigenvalue weighted by Crippen LogP contribution is -2.40. The maximum Gasteiger partial charge on any atom is 0.241 e. The monoisotopic (exact) mass is 488 g/mol. The normalized spacial score (nSPS) is 12.3.